The summed E-state index contributed by atoms with van der Waals surface area (Å²) in [5.41, 5.74) is 0. The van der Waals surface area contributed by atoms with E-state index in [2.05, 4.69) is 5.32 Å². The second-order valence-electron chi connectivity index (χ2n) is 4.04. The fraction of sp³-hybridized carbons (Fsp3) is 1.00. The maximum Gasteiger partial charge on any atom is 0.415 e. The monoisotopic (exact) mass is 241 g/mol. The standard InChI is InChI=1S/C10H18F3NO2/c11-10(12,13)9(15)7-14-5-6-16-8-3-1-2-4-8/h8-9,14-15H,1-7H2. The Labute approximate surface area is 93.0 Å². The summed E-state index contributed by atoms with van der Waals surface area (Å²) in [5.74, 6) is 0. The van der Waals surface area contributed by atoms with Gasteiger partial charge in [-0.15, -0.1) is 0 Å². The first-order valence-corrected chi connectivity index (χ1v) is 5.57. The number of hydrogen-bond acceptors (Lipinski definition) is 3. The maximum atomic E-state index is 11.9. The lowest BCUT2D eigenvalue weighted by atomic mass is 10.3. The molecule has 1 saturated carbocycles. The minimum absolute atomic E-state index is 0.273. The van der Waals surface area contributed by atoms with E-state index in [-0.39, 0.29) is 6.10 Å². The Morgan fingerprint density at radius 3 is 2.50 bits per heavy atom. The third-order valence-electron chi connectivity index (χ3n) is 2.65. The van der Waals surface area contributed by atoms with Gasteiger partial charge in [-0.1, -0.05) is 12.8 Å². The van der Waals surface area contributed by atoms with Crippen LogP contribution in [0.3, 0.4) is 0 Å². The van der Waals surface area contributed by atoms with Crippen LogP contribution in [-0.4, -0.2) is 43.2 Å². The SMILES string of the molecule is OC(CNCCOC1CCCC1)C(F)(F)F. The zero-order chi connectivity index (χ0) is 12.0. The Bertz CT molecular complexity index is 193. The molecule has 0 amide bonds. The van der Waals surface area contributed by atoms with E-state index in [4.69, 9.17) is 9.84 Å². The molecular weight excluding hydrogens is 223 g/mol. The molecular formula is C10H18F3NO2. The summed E-state index contributed by atoms with van der Waals surface area (Å²) in [6, 6.07) is 0. The minimum atomic E-state index is -4.54. The molecule has 1 atom stereocenters. The van der Waals surface area contributed by atoms with Gasteiger partial charge in [0.1, 0.15) is 0 Å². The van der Waals surface area contributed by atoms with Crippen molar-refractivity contribution in [2.24, 2.45) is 0 Å². The molecule has 0 heterocycles. The summed E-state index contributed by atoms with van der Waals surface area (Å²) in [6.45, 7) is 0.260. The molecule has 0 aromatic rings. The third kappa shape index (κ3) is 5.14. The number of hydrogen-bond donors (Lipinski definition) is 2. The summed E-state index contributed by atoms with van der Waals surface area (Å²) >= 11 is 0. The molecule has 0 aromatic heterocycles. The predicted molar refractivity (Wildman–Crippen MR) is 53.1 cm³/mol. The molecule has 0 radical (unpaired) electrons. The number of alkyl halides is 3. The summed E-state index contributed by atoms with van der Waals surface area (Å²) in [4.78, 5) is 0. The van der Waals surface area contributed by atoms with Crippen LogP contribution >= 0.6 is 0 Å². The van der Waals surface area contributed by atoms with E-state index in [1.165, 1.54) is 12.8 Å². The Morgan fingerprint density at radius 2 is 1.94 bits per heavy atom. The van der Waals surface area contributed by atoms with E-state index in [9.17, 15) is 13.2 Å². The van der Waals surface area contributed by atoms with Crippen molar-refractivity contribution in [3.05, 3.63) is 0 Å². The Morgan fingerprint density at radius 1 is 1.31 bits per heavy atom. The molecule has 1 aliphatic carbocycles. The van der Waals surface area contributed by atoms with Crippen LogP contribution in [0.25, 0.3) is 0 Å². The van der Waals surface area contributed by atoms with E-state index >= 15 is 0 Å². The van der Waals surface area contributed by atoms with Gasteiger partial charge in [0, 0.05) is 13.1 Å². The second kappa shape index (κ2) is 6.42. The Balaban J connectivity index is 1.95. The molecule has 96 valence electrons. The van der Waals surface area contributed by atoms with Crippen LogP contribution in [0.15, 0.2) is 0 Å². The van der Waals surface area contributed by atoms with E-state index in [1.807, 2.05) is 0 Å². The van der Waals surface area contributed by atoms with Crippen molar-refractivity contribution in [2.45, 2.75) is 44.1 Å². The van der Waals surface area contributed by atoms with Gasteiger partial charge in [-0.25, -0.2) is 0 Å². The van der Waals surface area contributed by atoms with Gasteiger partial charge in [0.15, 0.2) is 6.10 Å². The van der Waals surface area contributed by atoms with Crippen LogP contribution in [0, 0.1) is 0 Å². The average Bonchev–Trinajstić information content (AvgIpc) is 2.68. The molecule has 1 rings (SSSR count). The van der Waals surface area contributed by atoms with E-state index < -0.39 is 18.8 Å². The number of ether oxygens (including phenoxy) is 1. The molecule has 6 heteroatoms. The molecule has 0 bridgehead atoms. The predicted octanol–water partition coefficient (Wildman–Crippen LogP) is 1.46. The Kier molecular flexibility index (Phi) is 5.51. The molecule has 2 N–H and O–H groups in total. The summed E-state index contributed by atoms with van der Waals surface area (Å²) < 4.78 is 41.1. The third-order valence-corrected chi connectivity index (χ3v) is 2.65. The molecule has 1 fully saturated rings. The highest BCUT2D eigenvalue weighted by Gasteiger charge is 2.37. The fourth-order valence-corrected chi connectivity index (χ4v) is 1.71. The van der Waals surface area contributed by atoms with Crippen molar-refractivity contribution in [1.82, 2.24) is 5.32 Å². The van der Waals surface area contributed by atoms with Crippen molar-refractivity contribution < 1.29 is 23.0 Å². The van der Waals surface area contributed by atoms with Crippen molar-refractivity contribution in [3.8, 4) is 0 Å². The number of aliphatic hydroxyl groups is 1. The van der Waals surface area contributed by atoms with Crippen LogP contribution < -0.4 is 5.32 Å². The maximum absolute atomic E-state index is 11.9. The molecule has 3 nitrogen and oxygen atoms in total. The second-order valence-corrected chi connectivity index (χ2v) is 4.04. The molecule has 0 aromatic carbocycles. The van der Waals surface area contributed by atoms with Crippen molar-refractivity contribution in [1.29, 1.82) is 0 Å². The number of rotatable bonds is 6. The number of aliphatic hydroxyl groups excluding tert-OH is 1. The Hall–Kier alpha value is -0.330. The van der Waals surface area contributed by atoms with Gasteiger partial charge in [0.2, 0.25) is 0 Å². The highest BCUT2D eigenvalue weighted by molar-refractivity contribution is 4.69. The zero-order valence-corrected chi connectivity index (χ0v) is 9.09. The van der Waals surface area contributed by atoms with Crippen molar-refractivity contribution in [3.63, 3.8) is 0 Å². The molecule has 1 unspecified atom stereocenters. The number of halogens is 3. The van der Waals surface area contributed by atoms with Gasteiger partial charge in [-0.05, 0) is 12.8 Å². The number of nitrogens with one attached hydrogen (secondary N) is 1. The van der Waals surface area contributed by atoms with Crippen LogP contribution in [0.2, 0.25) is 0 Å². The van der Waals surface area contributed by atoms with E-state index in [0.717, 1.165) is 12.8 Å². The first-order valence-electron chi connectivity index (χ1n) is 5.57. The van der Waals surface area contributed by atoms with Gasteiger partial charge in [0.05, 0.1) is 12.7 Å². The molecule has 0 spiro atoms. The molecule has 1 aliphatic rings. The first kappa shape index (κ1) is 13.7. The van der Waals surface area contributed by atoms with Crippen LogP contribution in [0.5, 0.6) is 0 Å². The summed E-state index contributed by atoms with van der Waals surface area (Å²) in [7, 11) is 0. The van der Waals surface area contributed by atoms with Gasteiger partial charge in [-0.3, -0.25) is 0 Å². The van der Waals surface area contributed by atoms with Crippen LogP contribution in [0.4, 0.5) is 13.2 Å². The molecule has 0 saturated heterocycles. The zero-order valence-electron chi connectivity index (χ0n) is 9.09. The smallest absolute Gasteiger partial charge is 0.382 e. The summed E-state index contributed by atoms with van der Waals surface area (Å²) in [6.07, 6.45) is -2.13. The normalized spacial score (nSPS) is 20.2. The lowest BCUT2D eigenvalue weighted by Crippen LogP contribution is -2.39. The van der Waals surface area contributed by atoms with Crippen molar-refractivity contribution in [2.75, 3.05) is 19.7 Å². The topological polar surface area (TPSA) is 41.5 Å². The van der Waals surface area contributed by atoms with E-state index in [1.54, 1.807) is 0 Å². The largest absolute Gasteiger partial charge is 0.415 e. The lowest BCUT2D eigenvalue weighted by Gasteiger charge is -2.16. The van der Waals surface area contributed by atoms with Gasteiger partial charge >= 0.3 is 6.18 Å². The van der Waals surface area contributed by atoms with Crippen molar-refractivity contribution >= 4 is 0 Å². The summed E-state index contributed by atoms with van der Waals surface area (Å²) in [5, 5.41) is 11.2. The highest BCUT2D eigenvalue weighted by atomic mass is 19.4. The van der Waals surface area contributed by atoms with E-state index in [0.29, 0.717) is 13.2 Å². The van der Waals surface area contributed by atoms with Crippen LogP contribution in [0.1, 0.15) is 25.7 Å². The first-order chi connectivity index (χ1) is 7.50. The molecule has 16 heavy (non-hydrogen) atoms. The van der Waals surface area contributed by atoms with Gasteiger partial charge in [0.25, 0.3) is 0 Å². The quantitative estimate of drug-likeness (QED) is 0.692. The highest BCUT2D eigenvalue weighted by Crippen LogP contribution is 2.20. The van der Waals surface area contributed by atoms with Gasteiger partial charge in [-0.2, -0.15) is 13.2 Å². The van der Waals surface area contributed by atoms with Crippen LogP contribution in [-0.2, 0) is 4.74 Å². The lowest BCUT2D eigenvalue weighted by molar-refractivity contribution is -0.201. The minimum Gasteiger partial charge on any atom is -0.382 e. The average molecular weight is 241 g/mol. The fourth-order valence-electron chi connectivity index (χ4n) is 1.71. The molecule has 0 aliphatic heterocycles. The van der Waals surface area contributed by atoms with Gasteiger partial charge < -0.3 is 15.2 Å².